The highest BCUT2D eigenvalue weighted by Crippen LogP contribution is 2.16. The lowest BCUT2D eigenvalue weighted by Gasteiger charge is -2.16. The Kier molecular flexibility index (Phi) is 6.12. The fourth-order valence-electron chi connectivity index (χ4n) is 3.41. The van der Waals surface area contributed by atoms with Crippen molar-refractivity contribution in [1.29, 1.82) is 0 Å². The van der Waals surface area contributed by atoms with Crippen LogP contribution in [0.3, 0.4) is 0 Å². The van der Waals surface area contributed by atoms with Crippen LogP contribution in [0.4, 0.5) is 0 Å². The third-order valence-electron chi connectivity index (χ3n) is 4.98. The van der Waals surface area contributed by atoms with Crippen molar-refractivity contribution in [2.75, 3.05) is 6.54 Å². The van der Waals surface area contributed by atoms with Crippen LogP contribution in [-0.2, 0) is 29.1 Å². The minimum absolute atomic E-state index is 0.0868. The molecule has 0 saturated carbocycles. The van der Waals surface area contributed by atoms with Gasteiger partial charge in [-0.1, -0.05) is 29.4 Å². The van der Waals surface area contributed by atoms with Gasteiger partial charge in [-0.15, -0.1) is 0 Å². The molecule has 1 fully saturated rings. The summed E-state index contributed by atoms with van der Waals surface area (Å²) in [6.07, 6.45) is 5.54. The molecule has 0 unspecified atom stereocenters. The number of aryl methyl sites for hydroxylation is 1. The molecule has 1 saturated heterocycles. The molecule has 0 radical (unpaired) electrons. The highest BCUT2D eigenvalue weighted by molar-refractivity contribution is 5.78. The van der Waals surface area contributed by atoms with Crippen molar-refractivity contribution in [3.8, 4) is 11.4 Å². The van der Waals surface area contributed by atoms with Crippen molar-refractivity contribution < 1.29 is 14.1 Å². The van der Waals surface area contributed by atoms with Crippen molar-refractivity contribution in [3.05, 3.63) is 65.8 Å². The molecular weight excluding hydrogens is 382 g/mol. The van der Waals surface area contributed by atoms with Gasteiger partial charge in [-0.25, -0.2) is 0 Å². The van der Waals surface area contributed by atoms with Gasteiger partial charge < -0.3 is 14.7 Å². The van der Waals surface area contributed by atoms with E-state index in [2.05, 4.69) is 20.4 Å². The maximum Gasteiger partial charge on any atom is 0.227 e. The molecule has 2 amide bonds. The first-order valence-electron chi connectivity index (χ1n) is 10.0. The molecule has 4 rings (SSSR count). The lowest BCUT2D eigenvalue weighted by atomic mass is 10.1. The molecule has 1 N–H and O–H groups in total. The third kappa shape index (κ3) is 5.08. The summed E-state index contributed by atoms with van der Waals surface area (Å²) >= 11 is 0. The van der Waals surface area contributed by atoms with E-state index in [4.69, 9.17) is 4.52 Å². The number of carbonyl (C=O) groups excluding carboxylic acids is 2. The SMILES string of the molecule is O=C(CCc1nc(-c2cccnc2)no1)NCc1cccc(CN2CCCC2=O)c1. The van der Waals surface area contributed by atoms with E-state index in [-0.39, 0.29) is 18.2 Å². The molecule has 8 heteroatoms. The van der Waals surface area contributed by atoms with Crippen LogP contribution in [0.1, 0.15) is 36.3 Å². The highest BCUT2D eigenvalue weighted by atomic mass is 16.5. The summed E-state index contributed by atoms with van der Waals surface area (Å²) in [7, 11) is 0. The van der Waals surface area contributed by atoms with Gasteiger partial charge in [-0.2, -0.15) is 4.98 Å². The number of nitrogens with zero attached hydrogens (tertiary/aromatic N) is 4. The third-order valence-corrected chi connectivity index (χ3v) is 4.98. The monoisotopic (exact) mass is 405 g/mol. The number of benzene rings is 1. The molecule has 8 nitrogen and oxygen atoms in total. The highest BCUT2D eigenvalue weighted by Gasteiger charge is 2.20. The van der Waals surface area contributed by atoms with Crippen LogP contribution in [0.25, 0.3) is 11.4 Å². The van der Waals surface area contributed by atoms with Gasteiger partial charge in [0.1, 0.15) is 0 Å². The number of pyridine rings is 1. The van der Waals surface area contributed by atoms with Crippen molar-refractivity contribution in [2.45, 2.75) is 38.8 Å². The van der Waals surface area contributed by atoms with Gasteiger partial charge in [0.15, 0.2) is 0 Å². The summed E-state index contributed by atoms with van der Waals surface area (Å²) in [5.74, 6) is 1.01. The van der Waals surface area contributed by atoms with E-state index in [9.17, 15) is 9.59 Å². The number of hydrogen-bond acceptors (Lipinski definition) is 6. The van der Waals surface area contributed by atoms with Gasteiger partial charge in [0.25, 0.3) is 0 Å². The summed E-state index contributed by atoms with van der Waals surface area (Å²) in [5, 5.41) is 6.85. The first-order chi connectivity index (χ1) is 14.7. The van der Waals surface area contributed by atoms with Crippen LogP contribution in [0.15, 0.2) is 53.3 Å². The Hall–Kier alpha value is -3.55. The van der Waals surface area contributed by atoms with Gasteiger partial charge in [-0.05, 0) is 29.7 Å². The Labute approximate surface area is 174 Å². The lowest BCUT2D eigenvalue weighted by molar-refractivity contribution is -0.128. The summed E-state index contributed by atoms with van der Waals surface area (Å²) in [5.41, 5.74) is 2.85. The van der Waals surface area contributed by atoms with Crippen molar-refractivity contribution in [3.63, 3.8) is 0 Å². The number of likely N-dealkylation sites (tertiary alicyclic amines) is 1. The quantitative estimate of drug-likeness (QED) is 0.618. The van der Waals surface area contributed by atoms with E-state index in [0.717, 1.165) is 29.7 Å². The smallest absolute Gasteiger partial charge is 0.227 e. The maximum absolute atomic E-state index is 12.2. The van der Waals surface area contributed by atoms with Crippen molar-refractivity contribution in [2.24, 2.45) is 0 Å². The molecule has 3 heterocycles. The number of rotatable bonds is 8. The minimum atomic E-state index is -0.0868. The van der Waals surface area contributed by atoms with E-state index in [0.29, 0.717) is 37.6 Å². The Bertz CT molecular complexity index is 1020. The van der Waals surface area contributed by atoms with Crippen LogP contribution >= 0.6 is 0 Å². The molecule has 154 valence electrons. The topological polar surface area (TPSA) is 101 Å². The largest absolute Gasteiger partial charge is 0.352 e. The zero-order chi connectivity index (χ0) is 20.8. The zero-order valence-corrected chi connectivity index (χ0v) is 16.6. The van der Waals surface area contributed by atoms with Crippen LogP contribution in [-0.4, -0.2) is 38.4 Å². The second kappa shape index (κ2) is 9.30. The predicted octanol–water partition coefficient (Wildman–Crippen LogP) is 2.50. The summed E-state index contributed by atoms with van der Waals surface area (Å²) in [6, 6.07) is 11.6. The normalized spacial score (nSPS) is 13.6. The van der Waals surface area contributed by atoms with E-state index in [1.807, 2.05) is 35.2 Å². The second-order valence-electron chi connectivity index (χ2n) is 7.27. The molecule has 0 atom stereocenters. The number of amides is 2. The molecule has 1 aliphatic rings. The Morgan fingerprint density at radius 3 is 2.90 bits per heavy atom. The van der Waals surface area contributed by atoms with Gasteiger partial charge in [-0.3, -0.25) is 14.6 Å². The fourth-order valence-corrected chi connectivity index (χ4v) is 3.41. The van der Waals surface area contributed by atoms with Crippen LogP contribution < -0.4 is 5.32 Å². The number of aromatic nitrogens is 3. The van der Waals surface area contributed by atoms with Crippen molar-refractivity contribution in [1.82, 2.24) is 25.3 Å². The predicted molar refractivity (Wildman–Crippen MR) is 109 cm³/mol. The molecule has 2 aromatic heterocycles. The summed E-state index contributed by atoms with van der Waals surface area (Å²) in [6.45, 7) is 1.88. The minimum Gasteiger partial charge on any atom is -0.352 e. The summed E-state index contributed by atoms with van der Waals surface area (Å²) < 4.78 is 5.22. The standard InChI is InChI=1S/C22H23N5O3/c28-19(8-9-20-25-22(26-30-20)18-6-2-10-23-14-18)24-13-16-4-1-5-17(12-16)15-27-11-3-7-21(27)29/h1-2,4-6,10,12,14H,3,7-9,11,13,15H2,(H,24,28). The van der Waals surface area contributed by atoms with Gasteiger partial charge >= 0.3 is 0 Å². The lowest BCUT2D eigenvalue weighted by Crippen LogP contribution is -2.24. The average molecular weight is 405 g/mol. The first kappa shape index (κ1) is 19.8. The Balaban J connectivity index is 1.25. The van der Waals surface area contributed by atoms with E-state index >= 15 is 0 Å². The number of carbonyl (C=O) groups is 2. The van der Waals surface area contributed by atoms with Gasteiger partial charge in [0.05, 0.1) is 0 Å². The molecule has 0 aliphatic carbocycles. The van der Waals surface area contributed by atoms with Crippen LogP contribution in [0.2, 0.25) is 0 Å². The molecule has 30 heavy (non-hydrogen) atoms. The molecule has 1 aliphatic heterocycles. The van der Waals surface area contributed by atoms with Crippen LogP contribution in [0.5, 0.6) is 0 Å². The van der Waals surface area contributed by atoms with E-state index < -0.39 is 0 Å². The molecule has 3 aromatic rings. The number of nitrogens with one attached hydrogen (secondary N) is 1. The Morgan fingerprint density at radius 2 is 2.10 bits per heavy atom. The molecular formula is C22H23N5O3. The molecule has 0 spiro atoms. The van der Waals surface area contributed by atoms with E-state index in [1.54, 1.807) is 18.5 Å². The van der Waals surface area contributed by atoms with Crippen LogP contribution in [0, 0.1) is 0 Å². The maximum atomic E-state index is 12.2. The van der Waals surface area contributed by atoms with E-state index in [1.165, 1.54) is 0 Å². The summed E-state index contributed by atoms with van der Waals surface area (Å²) in [4.78, 5) is 34.2. The zero-order valence-electron chi connectivity index (χ0n) is 16.6. The first-order valence-corrected chi connectivity index (χ1v) is 10.0. The van der Waals surface area contributed by atoms with Gasteiger partial charge in [0.2, 0.25) is 23.5 Å². The number of hydrogen-bond donors (Lipinski definition) is 1. The molecule has 1 aromatic carbocycles. The van der Waals surface area contributed by atoms with Gasteiger partial charge in [0, 0.05) is 56.9 Å². The second-order valence-corrected chi connectivity index (χ2v) is 7.27. The Morgan fingerprint density at radius 1 is 1.20 bits per heavy atom. The molecule has 0 bridgehead atoms. The fraction of sp³-hybridized carbons (Fsp3) is 0.318. The average Bonchev–Trinajstić information content (AvgIpc) is 3.41. The van der Waals surface area contributed by atoms with Crippen molar-refractivity contribution >= 4 is 11.8 Å².